The first kappa shape index (κ1) is 26.6. The van der Waals surface area contributed by atoms with Gasteiger partial charge in [0.15, 0.2) is 12.4 Å². The van der Waals surface area contributed by atoms with Gasteiger partial charge >= 0.3 is 10.4 Å². The van der Waals surface area contributed by atoms with Crippen molar-refractivity contribution in [3.05, 3.63) is 96.1 Å². The summed E-state index contributed by atoms with van der Waals surface area (Å²) in [6.07, 6.45) is -5.94. The maximum Gasteiger partial charge on any atom is 0.397 e. The second kappa shape index (κ2) is 11.8. The quantitative estimate of drug-likeness (QED) is 0.400. The molecule has 2 aliphatic heterocycles. The average Bonchev–Trinajstić information content (AvgIpc) is 2.93. The van der Waals surface area contributed by atoms with Crippen LogP contribution in [0, 0.1) is 0 Å². The van der Waals surface area contributed by atoms with Crippen LogP contribution in [0.5, 0.6) is 11.5 Å². The van der Waals surface area contributed by atoms with Crippen LogP contribution in [0.25, 0.3) is 0 Å². The van der Waals surface area contributed by atoms with Crippen LogP contribution in [-0.4, -0.2) is 57.4 Å². The Morgan fingerprint density at radius 3 is 2.18 bits per heavy atom. The lowest BCUT2D eigenvalue weighted by Crippen LogP contribution is -2.64. The van der Waals surface area contributed by atoms with Gasteiger partial charge in [0.25, 0.3) is 0 Å². The molecule has 0 aromatic heterocycles. The number of methoxy groups -OCH3 is 1. The number of fused-ring (bicyclic) bond motifs is 1. The largest absolute Gasteiger partial charge is 0.497 e. The number of hydrogen-bond donors (Lipinski definition) is 1. The first-order valence-corrected chi connectivity index (χ1v) is 13.4. The van der Waals surface area contributed by atoms with E-state index >= 15 is 0 Å². The molecular weight excluding hydrogens is 516 g/mol. The molecule has 2 saturated heterocycles. The molecule has 0 aliphatic carbocycles. The molecule has 3 aromatic rings. The summed E-state index contributed by atoms with van der Waals surface area (Å²) in [5.74, 6) is 0.970. The third kappa shape index (κ3) is 6.51. The standard InChI is InChI=1S/C27H28O10S/c1-31-20-12-14-21(15-13-20)34-27-25(37-38(28,29)30)24(32-16-18-8-4-2-5-9-18)23-22(35-27)17-33-26(36-23)19-10-6-3-7-11-19/h2-15,22-27H,16-17H2,1H3,(H,28,29,30)/t22-,23-,24+,25-,26?,27-/m1/s1. The van der Waals surface area contributed by atoms with Crippen LogP contribution in [0.2, 0.25) is 0 Å². The molecule has 0 radical (unpaired) electrons. The molecule has 2 heterocycles. The second-order valence-corrected chi connectivity index (χ2v) is 9.81. The summed E-state index contributed by atoms with van der Waals surface area (Å²) in [7, 11) is -3.39. The molecule has 1 N–H and O–H groups in total. The number of hydrogen-bond acceptors (Lipinski definition) is 9. The van der Waals surface area contributed by atoms with Crippen LogP contribution in [0.4, 0.5) is 0 Å². The molecule has 11 heteroatoms. The molecule has 0 bridgehead atoms. The minimum absolute atomic E-state index is 0.121. The van der Waals surface area contributed by atoms with Gasteiger partial charge in [-0.15, -0.1) is 0 Å². The van der Waals surface area contributed by atoms with Crippen molar-refractivity contribution in [1.29, 1.82) is 0 Å². The molecule has 2 fully saturated rings. The minimum Gasteiger partial charge on any atom is -0.497 e. The molecule has 10 nitrogen and oxygen atoms in total. The van der Waals surface area contributed by atoms with Gasteiger partial charge in [0.05, 0.1) is 20.3 Å². The molecule has 38 heavy (non-hydrogen) atoms. The Kier molecular flexibility index (Phi) is 8.24. The molecule has 0 spiro atoms. The molecule has 0 saturated carbocycles. The van der Waals surface area contributed by atoms with E-state index in [4.69, 9.17) is 32.6 Å². The van der Waals surface area contributed by atoms with E-state index in [9.17, 15) is 13.0 Å². The maximum atomic E-state index is 11.9. The highest BCUT2D eigenvalue weighted by Gasteiger charge is 2.53. The van der Waals surface area contributed by atoms with Crippen LogP contribution in [0.3, 0.4) is 0 Å². The van der Waals surface area contributed by atoms with Crippen molar-refractivity contribution in [3.63, 3.8) is 0 Å². The van der Waals surface area contributed by atoms with Crippen LogP contribution >= 0.6 is 0 Å². The van der Waals surface area contributed by atoms with E-state index in [0.717, 1.165) is 11.1 Å². The van der Waals surface area contributed by atoms with Gasteiger partial charge in [0, 0.05) is 5.56 Å². The topological polar surface area (TPSA) is 119 Å². The normalized spacial score (nSPS) is 27.3. The van der Waals surface area contributed by atoms with E-state index in [1.54, 1.807) is 24.3 Å². The van der Waals surface area contributed by atoms with Crippen LogP contribution in [0.15, 0.2) is 84.9 Å². The lowest BCUT2D eigenvalue weighted by Gasteiger charge is -2.48. The molecule has 0 amide bonds. The van der Waals surface area contributed by atoms with Crippen LogP contribution < -0.4 is 9.47 Å². The predicted molar refractivity (Wildman–Crippen MR) is 134 cm³/mol. The Balaban J connectivity index is 1.45. The Hall–Kier alpha value is -3.03. The zero-order valence-electron chi connectivity index (χ0n) is 20.5. The Bertz CT molecular complexity index is 1270. The van der Waals surface area contributed by atoms with Crippen molar-refractivity contribution in [3.8, 4) is 11.5 Å². The fourth-order valence-corrected chi connectivity index (χ4v) is 4.89. The molecule has 5 rings (SSSR count). The van der Waals surface area contributed by atoms with Gasteiger partial charge in [-0.3, -0.25) is 4.55 Å². The lowest BCUT2D eigenvalue weighted by molar-refractivity contribution is -0.352. The summed E-state index contributed by atoms with van der Waals surface area (Å²) >= 11 is 0. The van der Waals surface area contributed by atoms with Gasteiger partial charge in [0.2, 0.25) is 6.29 Å². The fraction of sp³-hybridized carbons (Fsp3) is 0.333. The van der Waals surface area contributed by atoms with Crippen molar-refractivity contribution in [1.82, 2.24) is 0 Å². The van der Waals surface area contributed by atoms with Gasteiger partial charge in [-0.05, 0) is 29.8 Å². The fourth-order valence-electron chi connectivity index (χ4n) is 4.41. The van der Waals surface area contributed by atoms with Gasteiger partial charge < -0.3 is 28.4 Å². The van der Waals surface area contributed by atoms with Gasteiger partial charge in [-0.2, -0.15) is 8.42 Å². The Morgan fingerprint density at radius 1 is 0.868 bits per heavy atom. The van der Waals surface area contributed by atoms with Crippen LogP contribution in [0.1, 0.15) is 17.4 Å². The number of rotatable bonds is 9. The summed E-state index contributed by atoms with van der Waals surface area (Å²) in [6, 6.07) is 25.3. The van der Waals surface area contributed by atoms with E-state index in [-0.39, 0.29) is 13.2 Å². The smallest absolute Gasteiger partial charge is 0.397 e. The van der Waals surface area contributed by atoms with Gasteiger partial charge in [-0.25, -0.2) is 4.18 Å². The minimum atomic E-state index is -4.93. The first-order chi connectivity index (χ1) is 18.4. The lowest BCUT2D eigenvalue weighted by atomic mass is 9.97. The molecule has 3 aromatic carbocycles. The second-order valence-electron chi connectivity index (χ2n) is 8.76. The van der Waals surface area contributed by atoms with Crippen molar-refractivity contribution in [2.45, 2.75) is 43.6 Å². The number of benzene rings is 3. The number of ether oxygens (including phenoxy) is 6. The highest BCUT2D eigenvalue weighted by Crippen LogP contribution is 2.38. The Labute approximate surface area is 220 Å². The maximum absolute atomic E-state index is 11.9. The van der Waals surface area contributed by atoms with Gasteiger partial charge in [-0.1, -0.05) is 60.7 Å². The third-order valence-corrected chi connectivity index (χ3v) is 6.65. The molecule has 1 unspecified atom stereocenters. The van der Waals surface area contributed by atoms with Gasteiger partial charge in [0.1, 0.15) is 29.8 Å². The van der Waals surface area contributed by atoms with Crippen molar-refractivity contribution in [2.24, 2.45) is 0 Å². The molecule has 2 aliphatic rings. The Morgan fingerprint density at radius 2 is 1.53 bits per heavy atom. The highest BCUT2D eigenvalue weighted by atomic mass is 32.3. The summed E-state index contributed by atoms with van der Waals surface area (Å²) in [4.78, 5) is 0. The average molecular weight is 545 g/mol. The molecule has 202 valence electrons. The summed E-state index contributed by atoms with van der Waals surface area (Å²) in [5, 5.41) is 0. The third-order valence-electron chi connectivity index (χ3n) is 6.19. The van der Waals surface area contributed by atoms with Crippen molar-refractivity contribution in [2.75, 3.05) is 13.7 Å². The van der Waals surface area contributed by atoms with E-state index in [1.807, 2.05) is 60.7 Å². The highest BCUT2D eigenvalue weighted by molar-refractivity contribution is 7.80. The first-order valence-electron chi connectivity index (χ1n) is 12.0. The van der Waals surface area contributed by atoms with E-state index < -0.39 is 47.4 Å². The van der Waals surface area contributed by atoms with Crippen molar-refractivity contribution < 1.29 is 45.6 Å². The SMILES string of the molecule is COc1ccc(O[C@@H]2O[C@@H]3COC(c4ccccc4)O[C@H]3[C@H](OCc3ccccc3)[C@H]2OS(=O)(=O)O)cc1. The molecular formula is C27H28O10S. The van der Waals surface area contributed by atoms with E-state index in [0.29, 0.717) is 11.5 Å². The van der Waals surface area contributed by atoms with E-state index in [2.05, 4.69) is 0 Å². The summed E-state index contributed by atoms with van der Waals surface area (Å²) in [5.41, 5.74) is 1.62. The van der Waals surface area contributed by atoms with Crippen molar-refractivity contribution >= 4 is 10.4 Å². The van der Waals surface area contributed by atoms with Crippen LogP contribution in [-0.2, 0) is 40.1 Å². The summed E-state index contributed by atoms with van der Waals surface area (Å²) in [6.45, 7) is 0.242. The zero-order valence-corrected chi connectivity index (χ0v) is 21.3. The zero-order chi connectivity index (χ0) is 26.5. The monoisotopic (exact) mass is 544 g/mol. The van der Waals surface area contributed by atoms with E-state index in [1.165, 1.54) is 7.11 Å². The molecule has 6 atom stereocenters. The predicted octanol–water partition coefficient (Wildman–Crippen LogP) is 3.69. The summed E-state index contributed by atoms with van der Waals surface area (Å²) < 4.78 is 74.3.